The number of hydrogen-bond acceptors (Lipinski definition) is 4. The van der Waals surface area contributed by atoms with Crippen molar-refractivity contribution in [2.24, 2.45) is 0 Å². The number of likely N-dealkylation sites (tertiary alicyclic amines) is 1. The predicted molar refractivity (Wildman–Crippen MR) is 96.7 cm³/mol. The van der Waals surface area contributed by atoms with Crippen LogP contribution in [0, 0.1) is 0 Å². The second-order valence-electron chi connectivity index (χ2n) is 6.49. The number of aromatic amines is 1. The molecule has 0 saturated carbocycles. The van der Waals surface area contributed by atoms with Gasteiger partial charge in [-0.05, 0) is 55.5 Å². The fraction of sp³-hybridized carbons (Fsp3) is 0.474. The number of nitrogens with one attached hydrogen (secondary N) is 2. The number of para-hydroxylation sites is 1. The number of carbonyl (C=O) groups excluding carboxylic acids is 1. The van der Waals surface area contributed by atoms with E-state index in [4.69, 9.17) is 4.74 Å². The van der Waals surface area contributed by atoms with Crippen LogP contribution in [-0.4, -0.2) is 54.3 Å². The van der Waals surface area contributed by atoms with E-state index in [-0.39, 0.29) is 5.91 Å². The molecule has 3 rings (SSSR count). The van der Waals surface area contributed by atoms with Gasteiger partial charge in [0.05, 0.1) is 19.9 Å². The average molecular weight is 342 g/mol. The first-order valence-corrected chi connectivity index (χ1v) is 8.86. The van der Waals surface area contributed by atoms with Crippen molar-refractivity contribution in [2.75, 3.05) is 33.3 Å². The molecule has 0 spiro atoms. The van der Waals surface area contributed by atoms with Crippen LogP contribution in [0.5, 0.6) is 5.75 Å². The number of nitrogens with zero attached hydrogens (tertiary/aromatic N) is 2. The molecule has 1 saturated heterocycles. The van der Waals surface area contributed by atoms with E-state index in [1.807, 2.05) is 36.7 Å². The van der Waals surface area contributed by atoms with Crippen LogP contribution in [0.2, 0.25) is 0 Å². The molecule has 2 heterocycles. The van der Waals surface area contributed by atoms with Crippen molar-refractivity contribution < 1.29 is 9.53 Å². The standard InChI is InChI=1S/C19H26N4O2/c1-25-18-5-3-2-4-16(18)6-9-20-19(24)14-23-10-7-15(8-11-23)17-12-21-22-13-17/h2-5,12-13,15H,6-11,14H2,1H3,(H,20,24)(H,21,22). The van der Waals surface area contributed by atoms with Crippen LogP contribution in [0.4, 0.5) is 0 Å². The van der Waals surface area contributed by atoms with Crippen molar-refractivity contribution in [1.82, 2.24) is 20.4 Å². The van der Waals surface area contributed by atoms with Crippen LogP contribution in [0.15, 0.2) is 36.7 Å². The Kier molecular flexibility index (Phi) is 6.06. The van der Waals surface area contributed by atoms with Gasteiger partial charge in [-0.1, -0.05) is 18.2 Å². The van der Waals surface area contributed by atoms with E-state index in [1.54, 1.807) is 7.11 Å². The molecule has 0 unspecified atom stereocenters. The first-order valence-electron chi connectivity index (χ1n) is 8.86. The first kappa shape index (κ1) is 17.5. The number of piperidine rings is 1. The maximum absolute atomic E-state index is 12.2. The SMILES string of the molecule is COc1ccccc1CCNC(=O)CN1CCC(c2cn[nH]c2)CC1. The minimum atomic E-state index is 0.0941. The Morgan fingerprint density at radius 1 is 1.36 bits per heavy atom. The Morgan fingerprint density at radius 3 is 2.88 bits per heavy atom. The average Bonchev–Trinajstić information content (AvgIpc) is 3.17. The van der Waals surface area contributed by atoms with Crippen molar-refractivity contribution in [3.8, 4) is 5.75 Å². The zero-order valence-electron chi connectivity index (χ0n) is 14.7. The van der Waals surface area contributed by atoms with Crippen LogP contribution in [-0.2, 0) is 11.2 Å². The summed E-state index contributed by atoms with van der Waals surface area (Å²) in [6, 6.07) is 7.92. The van der Waals surface area contributed by atoms with Crippen LogP contribution < -0.4 is 10.1 Å². The van der Waals surface area contributed by atoms with E-state index in [0.717, 1.165) is 43.7 Å². The van der Waals surface area contributed by atoms with Crippen LogP contribution in [0.1, 0.15) is 29.9 Å². The summed E-state index contributed by atoms with van der Waals surface area (Å²) in [5, 5.41) is 9.92. The van der Waals surface area contributed by atoms with Gasteiger partial charge < -0.3 is 10.1 Å². The Bertz CT molecular complexity index is 664. The van der Waals surface area contributed by atoms with E-state index in [1.165, 1.54) is 5.56 Å². The molecule has 1 aliphatic rings. The molecule has 134 valence electrons. The van der Waals surface area contributed by atoms with Gasteiger partial charge in [-0.15, -0.1) is 0 Å². The van der Waals surface area contributed by atoms with E-state index in [9.17, 15) is 4.79 Å². The molecule has 0 bridgehead atoms. The molecule has 1 amide bonds. The highest BCUT2D eigenvalue weighted by Gasteiger charge is 2.22. The largest absolute Gasteiger partial charge is 0.496 e. The predicted octanol–water partition coefficient (Wildman–Crippen LogP) is 1.96. The topological polar surface area (TPSA) is 70.2 Å². The Morgan fingerprint density at radius 2 is 2.16 bits per heavy atom. The number of amides is 1. The van der Waals surface area contributed by atoms with Crippen molar-refractivity contribution in [3.05, 3.63) is 47.8 Å². The summed E-state index contributed by atoms with van der Waals surface area (Å²) in [4.78, 5) is 14.4. The van der Waals surface area contributed by atoms with Crippen LogP contribution in [0.25, 0.3) is 0 Å². The highest BCUT2D eigenvalue weighted by atomic mass is 16.5. The lowest BCUT2D eigenvalue weighted by Gasteiger charge is -2.30. The summed E-state index contributed by atoms with van der Waals surface area (Å²) < 4.78 is 5.34. The number of methoxy groups -OCH3 is 1. The van der Waals surface area contributed by atoms with Gasteiger partial charge in [0.1, 0.15) is 5.75 Å². The van der Waals surface area contributed by atoms with Gasteiger partial charge in [-0.3, -0.25) is 14.8 Å². The third-order valence-electron chi connectivity index (χ3n) is 4.85. The lowest BCUT2D eigenvalue weighted by atomic mass is 9.91. The molecular weight excluding hydrogens is 316 g/mol. The Hall–Kier alpha value is -2.34. The lowest BCUT2D eigenvalue weighted by Crippen LogP contribution is -2.41. The van der Waals surface area contributed by atoms with Crippen molar-refractivity contribution in [2.45, 2.75) is 25.2 Å². The maximum Gasteiger partial charge on any atom is 0.234 e. The second-order valence-corrected chi connectivity index (χ2v) is 6.49. The highest BCUT2D eigenvalue weighted by molar-refractivity contribution is 5.78. The summed E-state index contributed by atoms with van der Waals surface area (Å²) >= 11 is 0. The minimum Gasteiger partial charge on any atom is -0.496 e. The summed E-state index contributed by atoms with van der Waals surface area (Å²) in [6.45, 7) is 3.01. The lowest BCUT2D eigenvalue weighted by molar-refractivity contribution is -0.122. The van der Waals surface area contributed by atoms with Gasteiger partial charge in [-0.25, -0.2) is 0 Å². The molecule has 0 aliphatic carbocycles. The van der Waals surface area contributed by atoms with Gasteiger partial charge in [-0.2, -0.15) is 5.10 Å². The van der Waals surface area contributed by atoms with E-state index >= 15 is 0 Å². The zero-order chi connectivity index (χ0) is 17.5. The van der Waals surface area contributed by atoms with Gasteiger partial charge in [0.2, 0.25) is 5.91 Å². The van der Waals surface area contributed by atoms with Crippen molar-refractivity contribution in [3.63, 3.8) is 0 Å². The monoisotopic (exact) mass is 342 g/mol. The smallest absolute Gasteiger partial charge is 0.234 e. The van der Waals surface area contributed by atoms with Crippen LogP contribution >= 0.6 is 0 Å². The Balaban J connectivity index is 1.37. The summed E-state index contributed by atoms with van der Waals surface area (Å²) in [5.74, 6) is 1.53. The molecule has 2 aromatic rings. The van der Waals surface area contributed by atoms with Crippen molar-refractivity contribution >= 4 is 5.91 Å². The third-order valence-corrected chi connectivity index (χ3v) is 4.85. The number of ether oxygens (including phenoxy) is 1. The maximum atomic E-state index is 12.2. The number of hydrogen-bond donors (Lipinski definition) is 2. The third kappa shape index (κ3) is 4.82. The molecule has 1 aromatic carbocycles. The quantitative estimate of drug-likeness (QED) is 0.807. The molecule has 1 aliphatic heterocycles. The van der Waals surface area contributed by atoms with Gasteiger partial charge >= 0.3 is 0 Å². The number of benzene rings is 1. The fourth-order valence-corrected chi connectivity index (χ4v) is 3.41. The molecule has 2 N–H and O–H groups in total. The van der Waals surface area contributed by atoms with E-state index < -0.39 is 0 Å². The Labute approximate surface area is 148 Å². The molecule has 1 aromatic heterocycles. The molecule has 6 nitrogen and oxygen atoms in total. The molecule has 1 fully saturated rings. The zero-order valence-corrected chi connectivity index (χ0v) is 14.7. The minimum absolute atomic E-state index is 0.0941. The van der Waals surface area contributed by atoms with Crippen molar-refractivity contribution in [1.29, 1.82) is 0 Å². The number of rotatable bonds is 7. The number of carbonyl (C=O) groups is 1. The highest BCUT2D eigenvalue weighted by Crippen LogP contribution is 2.26. The van der Waals surface area contributed by atoms with Gasteiger partial charge in [0.25, 0.3) is 0 Å². The first-order chi connectivity index (χ1) is 12.3. The summed E-state index contributed by atoms with van der Waals surface area (Å²) in [5.41, 5.74) is 2.40. The summed E-state index contributed by atoms with van der Waals surface area (Å²) in [6.07, 6.45) is 6.82. The molecule has 0 atom stereocenters. The number of aromatic nitrogens is 2. The van der Waals surface area contributed by atoms with E-state index in [0.29, 0.717) is 19.0 Å². The molecule has 6 heteroatoms. The second kappa shape index (κ2) is 8.67. The van der Waals surface area contributed by atoms with Gasteiger partial charge in [0, 0.05) is 12.7 Å². The summed E-state index contributed by atoms with van der Waals surface area (Å²) in [7, 11) is 1.67. The normalized spacial score (nSPS) is 15.9. The fourth-order valence-electron chi connectivity index (χ4n) is 3.41. The van der Waals surface area contributed by atoms with Crippen LogP contribution in [0.3, 0.4) is 0 Å². The van der Waals surface area contributed by atoms with Gasteiger partial charge in [0.15, 0.2) is 0 Å². The number of H-pyrrole nitrogens is 1. The van der Waals surface area contributed by atoms with E-state index in [2.05, 4.69) is 20.4 Å². The molecule has 0 radical (unpaired) electrons. The molecule has 25 heavy (non-hydrogen) atoms. The molecular formula is C19H26N4O2.